The summed E-state index contributed by atoms with van der Waals surface area (Å²) in [5, 5.41) is 6.62. The number of nitrogens with zero attached hydrogens (tertiary/aromatic N) is 1. The highest BCUT2D eigenvalue weighted by Gasteiger charge is 2.28. The lowest BCUT2D eigenvalue weighted by Gasteiger charge is -2.29. The van der Waals surface area contributed by atoms with Crippen molar-refractivity contribution < 1.29 is 28.6 Å². The molecule has 1 aliphatic heterocycles. The van der Waals surface area contributed by atoms with E-state index in [-0.39, 0.29) is 24.7 Å². The van der Waals surface area contributed by atoms with Gasteiger partial charge < -0.3 is 35.5 Å². The average molecular weight is 611 g/mol. The van der Waals surface area contributed by atoms with Gasteiger partial charge in [-0.2, -0.15) is 0 Å². The maximum absolute atomic E-state index is 13.6. The second-order valence-electron chi connectivity index (χ2n) is 11.2. The molecule has 1 heterocycles. The Kier molecular flexibility index (Phi) is 15.7. The molecule has 1 saturated heterocycles. The smallest absolute Gasteiger partial charge is 0.323 e. The second kappa shape index (κ2) is 19.7. The van der Waals surface area contributed by atoms with E-state index < -0.39 is 24.2 Å². The average Bonchev–Trinajstić information content (AvgIpc) is 3.04. The van der Waals surface area contributed by atoms with Crippen LogP contribution < -0.4 is 21.1 Å². The van der Waals surface area contributed by atoms with Gasteiger partial charge in [-0.15, -0.1) is 0 Å². The van der Waals surface area contributed by atoms with Crippen LogP contribution in [-0.4, -0.2) is 80.8 Å². The minimum absolute atomic E-state index is 0.0492. The largest absolute Gasteiger partial charge is 0.497 e. The molecular formula is C34H50N4O6. The van der Waals surface area contributed by atoms with E-state index in [1.54, 1.807) is 14.0 Å². The van der Waals surface area contributed by atoms with Gasteiger partial charge >= 0.3 is 11.9 Å². The van der Waals surface area contributed by atoms with Crippen molar-refractivity contribution in [3.05, 3.63) is 65.7 Å². The van der Waals surface area contributed by atoms with Crippen LogP contribution in [0.15, 0.2) is 54.6 Å². The molecule has 0 aromatic heterocycles. The number of rotatable bonds is 19. The Labute approximate surface area is 262 Å². The number of esters is 2. The number of hydrogen-bond donors (Lipinski definition) is 3. The summed E-state index contributed by atoms with van der Waals surface area (Å²) in [6.07, 6.45) is 4.35. The van der Waals surface area contributed by atoms with Gasteiger partial charge in [0.25, 0.3) is 0 Å². The number of likely N-dealkylation sites (tertiary alicyclic amines) is 1. The number of methoxy groups -OCH3 is 1. The third-order valence-corrected chi connectivity index (χ3v) is 7.76. The number of carbonyl (C=O) groups is 3. The first-order chi connectivity index (χ1) is 21.4. The summed E-state index contributed by atoms with van der Waals surface area (Å²) in [6.45, 7) is 4.92. The molecule has 44 heavy (non-hydrogen) atoms. The van der Waals surface area contributed by atoms with Crippen LogP contribution >= 0.6 is 0 Å². The zero-order chi connectivity index (χ0) is 31.6. The van der Waals surface area contributed by atoms with Crippen molar-refractivity contribution >= 4 is 17.8 Å². The number of amides is 1. The molecule has 2 unspecified atom stereocenters. The molecule has 1 aliphatic rings. The number of piperidine rings is 1. The van der Waals surface area contributed by atoms with Gasteiger partial charge in [0, 0.05) is 45.1 Å². The molecule has 3 rings (SSSR count). The van der Waals surface area contributed by atoms with E-state index in [1.165, 1.54) is 0 Å². The van der Waals surface area contributed by atoms with Crippen LogP contribution in [0.3, 0.4) is 0 Å². The van der Waals surface area contributed by atoms with E-state index >= 15 is 0 Å². The van der Waals surface area contributed by atoms with Gasteiger partial charge in [0.2, 0.25) is 5.91 Å². The van der Waals surface area contributed by atoms with Crippen LogP contribution in [0.1, 0.15) is 63.0 Å². The number of ether oxygens (including phenoxy) is 3. The lowest BCUT2D eigenvalue weighted by Crippen LogP contribution is -2.49. The molecule has 0 saturated carbocycles. The quantitative estimate of drug-likeness (QED) is 0.162. The Morgan fingerprint density at radius 2 is 1.73 bits per heavy atom. The minimum Gasteiger partial charge on any atom is -0.497 e. The molecule has 0 radical (unpaired) electrons. The van der Waals surface area contributed by atoms with Crippen molar-refractivity contribution in [2.24, 2.45) is 5.73 Å². The molecule has 10 heteroatoms. The fourth-order valence-corrected chi connectivity index (χ4v) is 5.29. The van der Waals surface area contributed by atoms with Gasteiger partial charge in [-0.1, -0.05) is 42.5 Å². The van der Waals surface area contributed by atoms with Crippen molar-refractivity contribution in [2.75, 3.05) is 39.9 Å². The van der Waals surface area contributed by atoms with Crippen LogP contribution in [0, 0.1) is 0 Å². The molecule has 1 fully saturated rings. The summed E-state index contributed by atoms with van der Waals surface area (Å²) in [5.41, 5.74) is 8.74. The van der Waals surface area contributed by atoms with Crippen LogP contribution in [0.5, 0.6) is 5.75 Å². The monoisotopic (exact) mass is 610 g/mol. The predicted molar refractivity (Wildman–Crippen MR) is 170 cm³/mol. The van der Waals surface area contributed by atoms with E-state index in [0.29, 0.717) is 45.5 Å². The topological polar surface area (TPSA) is 132 Å². The van der Waals surface area contributed by atoms with Gasteiger partial charge in [-0.3, -0.25) is 14.4 Å². The molecule has 0 bridgehead atoms. The van der Waals surface area contributed by atoms with Crippen LogP contribution in [0.4, 0.5) is 0 Å². The van der Waals surface area contributed by atoms with E-state index in [1.807, 2.05) is 59.5 Å². The summed E-state index contributed by atoms with van der Waals surface area (Å²) < 4.78 is 16.4. The van der Waals surface area contributed by atoms with Crippen LogP contribution in [-0.2, 0) is 36.8 Å². The van der Waals surface area contributed by atoms with E-state index in [4.69, 9.17) is 19.9 Å². The summed E-state index contributed by atoms with van der Waals surface area (Å²) in [5.74, 6) is 0.0872. The number of benzene rings is 2. The van der Waals surface area contributed by atoms with Gasteiger partial charge in [-0.05, 0) is 75.3 Å². The Balaban J connectivity index is 1.66. The Hall–Kier alpha value is -3.47. The summed E-state index contributed by atoms with van der Waals surface area (Å²) in [7, 11) is 1.63. The van der Waals surface area contributed by atoms with Gasteiger partial charge in [0.05, 0.1) is 13.7 Å². The second-order valence-corrected chi connectivity index (χ2v) is 11.2. The molecule has 242 valence electrons. The third-order valence-electron chi connectivity index (χ3n) is 7.76. The zero-order valence-electron chi connectivity index (χ0n) is 26.3. The summed E-state index contributed by atoms with van der Waals surface area (Å²) in [4.78, 5) is 40.2. The Morgan fingerprint density at radius 3 is 2.45 bits per heavy atom. The lowest BCUT2D eigenvalue weighted by molar-refractivity contribution is -0.153. The maximum atomic E-state index is 13.6. The zero-order valence-corrected chi connectivity index (χ0v) is 26.3. The molecule has 4 N–H and O–H groups in total. The standard InChI is InChI=1S/C34H50N4O6/c1-3-43-33(40)16-11-19-37-30(17-18-32(39)38-20-8-5-9-21-38)34(41)44-31(29(35)23-26-12-6-4-7-13-26)25-36-24-27-14-10-15-28(22-27)42-2/h4,6-7,10,12-15,22,29-31,36-37H,3,5,8-9,11,16-21,23-25,35H2,1-2H3/t29?,30-,31?/m1/s1. The molecule has 3 atom stereocenters. The van der Waals surface area contributed by atoms with E-state index in [9.17, 15) is 14.4 Å². The molecule has 10 nitrogen and oxygen atoms in total. The highest BCUT2D eigenvalue weighted by atomic mass is 16.5. The first kappa shape index (κ1) is 35.0. The lowest BCUT2D eigenvalue weighted by atomic mass is 10.0. The Morgan fingerprint density at radius 1 is 0.977 bits per heavy atom. The molecule has 0 aliphatic carbocycles. The normalized spacial score (nSPS) is 15.2. The Bertz CT molecular complexity index is 1140. The van der Waals surface area contributed by atoms with Crippen molar-refractivity contribution in [1.82, 2.24) is 15.5 Å². The summed E-state index contributed by atoms with van der Waals surface area (Å²) >= 11 is 0. The van der Waals surface area contributed by atoms with Gasteiger partial charge in [0.1, 0.15) is 17.9 Å². The van der Waals surface area contributed by atoms with Gasteiger partial charge in [0.15, 0.2) is 0 Å². The van der Waals surface area contributed by atoms with Crippen molar-refractivity contribution in [2.45, 2.75) is 83.0 Å². The molecule has 0 spiro atoms. The van der Waals surface area contributed by atoms with Crippen molar-refractivity contribution in [3.8, 4) is 5.75 Å². The van der Waals surface area contributed by atoms with E-state index in [2.05, 4.69) is 10.6 Å². The first-order valence-corrected chi connectivity index (χ1v) is 15.9. The predicted octanol–water partition coefficient (Wildman–Crippen LogP) is 3.36. The number of carbonyl (C=O) groups excluding carboxylic acids is 3. The minimum atomic E-state index is -0.712. The SMILES string of the molecule is CCOC(=O)CCCN[C@H](CCC(=O)N1CCCCC1)C(=O)OC(CNCc1cccc(OC)c1)C(N)Cc1ccccc1. The third kappa shape index (κ3) is 12.6. The fraction of sp³-hybridized carbons (Fsp3) is 0.559. The first-order valence-electron chi connectivity index (χ1n) is 15.9. The molecule has 1 amide bonds. The van der Waals surface area contributed by atoms with Crippen molar-refractivity contribution in [3.63, 3.8) is 0 Å². The number of nitrogens with one attached hydrogen (secondary N) is 2. The van der Waals surface area contributed by atoms with Crippen LogP contribution in [0.2, 0.25) is 0 Å². The highest BCUT2D eigenvalue weighted by Crippen LogP contribution is 2.15. The van der Waals surface area contributed by atoms with Crippen molar-refractivity contribution in [1.29, 1.82) is 0 Å². The van der Waals surface area contributed by atoms with Gasteiger partial charge in [-0.25, -0.2) is 0 Å². The highest BCUT2D eigenvalue weighted by molar-refractivity contribution is 5.79. The summed E-state index contributed by atoms with van der Waals surface area (Å²) in [6, 6.07) is 16.5. The molecule has 2 aromatic carbocycles. The molecule has 2 aromatic rings. The fourth-order valence-electron chi connectivity index (χ4n) is 5.29. The molecular weight excluding hydrogens is 560 g/mol. The van der Waals surface area contributed by atoms with Crippen LogP contribution in [0.25, 0.3) is 0 Å². The van der Waals surface area contributed by atoms with E-state index in [0.717, 1.165) is 49.2 Å². The maximum Gasteiger partial charge on any atom is 0.323 e. The number of nitrogens with two attached hydrogens (primary N) is 1. The number of hydrogen-bond acceptors (Lipinski definition) is 9.